The molecule has 1 heterocycles. The van der Waals surface area contributed by atoms with Crippen LogP contribution in [0.3, 0.4) is 0 Å². The monoisotopic (exact) mass is 407 g/mol. The molecular formula is C20H22ClNO4S. The van der Waals surface area contributed by atoms with Gasteiger partial charge in [-0.05, 0) is 68.9 Å². The Balaban J connectivity index is 1.70. The minimum absolute atomic E-state index is 0.147. The van der Waals surface area contributed by atoms with Crippen LogP contribution in [-0.2, 0) is 22.4 Å². The van der Waals surface area contributed by atoms with Gasteiger partial charge in [-0.2, -0.15) is 0 Å². The lowest BCUT2D eigenvalue weighted by atomic mass is 10.1. The first-order valence-corrected chi connectivity index (χ1v) is 10.1. The number of nitrogens with one attached hydrogen (secondary N) is 1. The van der Waals surface area contributed by atoms with Crippen LogP contribution < -0.4 is 10.1 Å². The van der Waals surface area contributed by atoms with Crippen molar-refractivity contribution in [2.24, 2.45) is 0 Å². The van der Waals surface area contributed by atoms with Crippen LogP contribution in [0.4, 0.5) is 5.00 Å². The first kappa shape index (κ1) is 19.7. The van der Waals surface area contributed by atoms with E-state index in [1.165, 1.54) is 11.3 Å². The zero-order chi connectivity index (χ0) is 19.6. The average molecular weight is 408 g/mol. The molecule has 2 aromatic rings. The van der Waals surface area contributed by atoms with Crippen molar-refractivity contribution in [2.45, 2.75) is 40.0 Å². The highest BCUT2D eigenvalue weighted by Gasteiger charge is 2.28. The normalized spacial score (nSPS) is 12.6. The Bertz CT molecular complexity index is 867. The second-order valence-electron chi connectivity index (χ2n) is 6.49. The minimum atomic E-state index is -0.378. The van der Waals surface area contributed by atoms with Crippen molar-refractivity contribution in [1.82, 2.24) is 0 Å². The van der Waals surface area contributed by atoms with Crippen molar-refractivity contribution >= 4 is 39.8 Å². The molecule has 0 radical (unpaired) electrons. The van der Waals surface area contributed by atoms with Crippen molar-refractivity contribution in [1.29, 1.82) is 0 Å². The molecule has 0 aliphatic heterocycles. The highest BCUT2D eigenvalue weighted by molar-refractivity contribution is 7.17. The molecule has 0 saturated carbocycles. The van der Waals surface area contributed by atoms with Crippen LogP contribution in [0, 0.1) is 13.8 Å². The zero-order valence-electron chi connectivity index (χ0n) is 15.6. The van der Waals surface area contributed by atoms with Gasteiger partial charge in [-0.15, -0.1) is 11.3 Å². The van der Waals surface area contributed by atoms with Gasteiger partial charge >= 0.3 is 5.97 Å². The van der Waals surface area contributed by atoms with Crippen LogP contribution in [0.5, 0.6) is 5.75 Å². The Morgan fingerprint density at radius 1 is 1.22 bits per heavy atom. The Kier molecular flexibility index (Phi) is 6.07. The average Bonchev–Trinajstić information content (AvgIpc) is 3.18. The molecule has 0 bridgehead atoms. The number of esters is 1. The molecule has 27 heavy (non-hydrogen) atoms. The summed E-state index contributed by atoms with van der Waals surface area (Å²) in [5.41, 5.74) is 3.30. The smallest absolute Gasteiger partial charge is 0.341 e. The van der Waals surface area contributed by atoms with Gasteiger partial charge in [0.15, 0.2) is 6.61 Å². The summed E-state index contributed by atoms with van der Waals surface area (Å²) >= 11 is 7.61. The molecule has 1 N–H and O–H groups in total. The first-order chi connectivity index (χ1) is 12.9. The predicted octanol–water partition coefficient (Wildman–Crippen LogP) is 4.70. The zero-order valence-corrected chi connectivity index (χ0v) is 17.2. The number of aryl methyl sites for hydroxylation is 3. The van der Waals surface area contributed by atoms with E-state index in [4.69, 9.17) is 21.1 Å². The van der Waals surface area contributed by atoms with Crippen molar-refractivity contribution in [3.05, 3.63) is 44.3 Å². The van der Waals surface area contributed by atoms with Gasteiger partial charge in [0.1, 0.15) is 10.8 Å². The Labute approximate surface area is 167 Å². The summed E-state index contributed by atoms with van der Waals surface area (Å²) in [5, 5.41) is 4.06. The predicted molar refractivity (Wildman–Crippen MR) is 107 cm³/mol. The summed E-state index contributed by atoms with van der Waals surface area (Å²) in [6, 6.07) is 3.60. The van der Waals surface area contributed by atoms with E-state index in [1.807, 2.05) is 13.8 Å². The van der Waals surface area contributed by atoms with E-state index in [2.05, 4.69) is 5.32 Å². The van der Waals surface area contributed by atoms with E-state index in [9.17, 15) is 9.59 Å². The van der Waals surface area contributed by atoms with Gasteiger partial charge in [0.2, 0.25) is 0 Å². The lowest BCUT2D eigenvalue weighted by molar-refractivity contribution is -0.118. The van der Waals surface area contributed by atoms with Gasteiger partial charge in [-0.1, -0.05) is 11.6 Å². The van der Waals surface area contributed by atoms with Crippen molar-refractivity contribution in [3.63, 3.8) is 0 Å². The lowest BCUT2D eigenvalue weighted by Crippen LogP contribution is -2.21. The molecule has 0 fully saturated rings. The molecule has 3 rings (SSSR count). The second-order valence-corrected chi connectivity index (χ2v) is 7.97. The molecule has 1 aliphatic carbocycles. The number of hydrogen-bond acceptors (Lipinski definition) is 5. The molecule has 7 heteroatoms. The second kappa shape index (κ2) is 8.31. The lowest BCUT2D eigenvalue weighted by Gasteiger charge is -2.11. The Morgan fingerprint density at radius 2 is 1.93 bits per heavy atom. The quantitative estimate of drug-likeness (QED) is 0.705. The van der Waals surface area contributed by atoms with E-state index in [1.54, 1.807) is 19.1 Å². The number of rotatable bonds is 6. The number of halogens is 1. The van der Waals surface area contributed by atoms with Crippen LogP contribution in [-0.4, -0.2) is 25.1 Å². The van der Waals surface area contributed by atoms with E-state index < -0.39 is 0 Å². The molecule has 0 spiro atoms. The summed E-state index contributed by atoms with van der Waals surface area (Å²) in [5.74, 6) is -0.105. The number of hydrogen-bond donors (Lipinski definition) is 1. The summed E-state index contributed by atoms with van der Waals surface area (Å²) < 4.78 is 10.8. The van der Waals surface area contributed by atoms with Crippen LogP contribution in [0.25, 0.3) is 0 Å². The van der Waals surface area contributed by atoms with Crippen molar-refractivity contribution in [2.75, 3.05) is 18.5 Å². The largest absolute Gasteiger partial charge is 0.484 e. The number of ether oxygens (including phenoxy) is 2. The van der Waals surface area contributed by atoms with Crippen LogP contribution in [0.15, 0.2) is 12.1 Å². The molecular weight excluding hydrogens is 386 g/mol. The minimum Gasteiger partial charge on any atom is -0.484 e. The first-order valence-electron chi connectivity index (χ1n) is 8.91. The van der Waals surface area contributed by atoms with E-state index in [0.717, 1.165) is 40.8 Å². The van der Waals surface area contributed by atoms with Crippen LogP contribution >= 0.6 is 22.9 Å². The van der Waals surface area contributed by atoms with Crippen molar-refractivity contribution in [3.8, 4) is 5.75 Å². The highest BCUT2D eigenvalue weighted by atomic mass is 35.5. The van der Waals surface area contributed by atoms with Gasteiger partial charge in [-0.3, -0.25) is 4.79 Å². The Morgan fingerprint density at radius 3 is 2.59 bits per heavy atom. The third-order valence-corrected chi connectivity index (χ3v) is 6.24. The fraction of sp³-hybridized carbons (Fsp3) is 0.400. The summed E-state index contributed by atoms with van der Waals surface area (Å²) in [6.45, 7) is 5.70. The van der Waals surface area contributed by atoms with E-state index >= 15 is 0 Å². The number of carbonyl (C=O) groups excluding carboxylic acids is 2. The maximum atomic E-state index is 12.4. The molecule has 0 atom stereocenters. The molecule has 5 nitrogen and oxygen atoms in total. The summed E-state index contributed by atoms with van der Waals surface area (Å²) in [4.78, 5) is 25.9. The molecule has 1 aliphatic rings. The maximum Gasteiger partial charge on any atom is 0.341 e. The molecule has 0 saturated heterocycles. The van der Waals surface area contributed by atoms with Crippen LogP contribution in [0.1, 0.15) is 45.3 Å². The molecule has 144 valence electrons. The molecule has 1 aromatic heterocycles. The fourth-order valence-electron chi connectivity index (χ4n) is 3.21. The number of benzene rings is 1. The standard InChI is InChI=1S/C20H22ClNO4S/c1-4-25-20(24)17-14-6-5-7-15(14)27-19(17)22-16(23)10-26-13-8-11(2)18(21)12(3)9-13/h8-9H,4-7,10H2,1-3H3,(H,22,23). The van der Waals surface area contributed by atoms with Gasteiger partial charge < -0.3 is 14.8 Å². The van der Waals surface area contributed by atoms with Gasteiger partial charge in [0, 0.05) is 9.90 Å². The molecule has 0 unspecified atom stereocenters. The van der Waals surface area contributed by atoms with Crippen molar-refractivity contribution < 1.29 is 19.1 Å². The number of carbonyl (C=O) groups is 2. The third kappa shape index (κ3) is 4.28. The SMILES string of the molecule is CCOC(=O)c1c(NC(=O)COc2cc(C)c(Cl)c(C)c2)sc2c1CCC2. The van der Waals surface area contributed by atoms with Gasteiger partial charge in [0.25, 0.3) is 5.91 Å². The third-order valence-electron chi connectivity index (χ3n) is 4.43. The number of amides is 1. The summed E-state index contributed by atoms with van der Waals surface area (Å²) in [6.07, 6.45) is 2.80. The molecule has 1 aromatic carbocycles. The van der Waals surface area contributed by atoms with Crippen LogP contribution in [0.2, 0.25) is 5.02 Å². The fourth-order valence-corrected chi connectivity index (χ4v) is 4.62. The number of thiophene rings is 1. The highest BCUT2D eigenvalue weighted by Crippen LogP contribution is 2.39. The van der Waals surface area contributed by atoms with Gasteiger partial charge in [0.05, 0.1) is 12.2 Å². The number of anilines is 1. The number of fused-ring (bicyclic) bond motifs is 1. The van der Waals surface area contributed by atoms with E-state index in [0.29, 0.717) is 27.9 Å². The Hall–Kier alpha value is -2.05. The van der Waals surface area contributed by atoms with E-state index in [-0.39, 0.29) is 18.5 Å². The summed E-state index contributed by atoms with van der Waals surface area (Å²) in [7, 11) is 0. The van der Waals surface area contributed by atoms with Gasteiger partial charge in [-0.25, -0.2) is 4.79 Å². The topological polar surface area (TPSA) is 64.6 Å². The molecule has 1 amide bonds. The maximum absolute atomic E-state index is 12.4.